The van der Waals surface area contributed by atoms with E-state index < -0.39 is 0 Å². The van der Waals surface area contributed by atoms with E-state index in [2.05, 4.69) is 69.5 Å². The highest BCUT2D eigenvalue weighted by Crippen LogP contribution is 2.47. The van der Waals surface area contributed by atoms with Gasteiger partial charge in [-0.15, -0.1) is 0 Å². The zero-order chi connectivity index (χ0) is 17.5. The van der Waals surface area contributed by atoms with Gasteiger partial charge in [-0.3, -0.25) is 0 Å². The first kappa shape index (κ1) is 16.4. The number of halogens is 1. The molecule has 2 aliphatic heterocycles. The molecule has 2 aromatic carbocycles. The lowest BCUT2D eigenvalue weighted by atomic mass is 9.86. The van der Waals surface area contributed by atoms with E-state index in [0.29, 0.717) is 5.92 Å². The number of fused-ring (bicyclic) bond motifs is 3. The van der Waals surface area contributed by atoms with E-state index in [4.69, 9.17) is 9.84 Å². The molecule has 0 amide bonds. The molecule has 0 aromatic heterocycles. The minimum Gasteiger partial charge on any atom is -0.468 e. The first-order valence-corrected chi connectivity index (χ1v) is 10.5. The molecule has 2 aromatic rings. The highest BCUT2D eigenvalue weighted by molar-refractivity contribution is 9.10. The monoisotopic (exact) mass is 410 g/mol. The first-order chi connectivity index (χ1) is 12.8. The lowest BCUT2D eigenvalue weighted by molar-refractivity contribution is -0.0644. The fourth-order valence-electron chi connectivity index (χ4n) is 4.62. The average molecular weight is 411 g/mol. The number of hydrazone groups is 1. The number of rotatable bonds is 2. The van der Waals surface area contributed by atoms with Gasteiger partial charge in [0.05, 0.1) is 11.8 Å². The maximum atomic E-state index is 6.52. The predicted octanol–water partition coefficient (Wildman–Crippen LogP) is 5.90. The van der Waals surface area contributed by atoms with Gasteiger partial charge in [0, 0.05) is 22.4 Å². The number of nitrogens with zero attached hydrogens (tertiary/aromatic N) is 2. The molecule has 0 radical (unpaired) electrons. The summed E-state index contributed by atoms with van der Waals surface area (Å²) >= 11 is 3.63. The lowest BCUT2D eigenvalue weighted by Crippen LogP contribution is -2.45. The van der Waals surface area contributed by atoms with Crippen LogP contribution in [0.25, 0.3) is 0 Å². The van der Waals surface area contributed by atoms with E-state index in [1.165, 1.54) is 48.9 Å². The van der Waals surface area contributed by atoms with Gasteiger partial charge < -0.3 is 4.74 Å². The molecule has 3 nitrogen and oxygen atoms in total. The van der Waals surface area contributed by atoms with Gasteiger partial charge in [0.25, 0.3) is 0 Å². The van der Waals surface area contributed by atoms with E-state index in [-0.39, 0.29) is 12.3 Å². The van der Waals surface area contributed by atoms with Crippen LogP contribution in [-0.2, 0) is 0 Å². The zero-order valence-corrected chi connectivity index (χ0v) is 16.4. The fraction of sp³-hybridized carbons (Fsp3) is 0.409. The highest BCUT2D eigenvalue weighted by Gasteiger charge is 2.43. The maximum absolute atomic E-state index is 6.52. The molecule has 0 spiro atoms. The van der Waals surface area contributed by atoms with Crippen LogP contribution in [-0.4, -0.2) is 16.9 Å². The van der Waals surface area contributed by atoms with Crippen molar-refractivity contribution in [2.45, 2.75) is 50.8 Å². The van der Waals surface area contributed by atoms with Crippen LogP contribution in [0.1, 0.15) is 55.7 Å². The van der Waals surface area contributed by atoms with E-state index in [0.717, 1.165) is 16.6 Å². The SMILES string of the molecule is Brc1ccc2c(c1)[C@H]1CC(c3ccccc3)=NN1[C@H](C1CCCCC1)O2. The minimum atomic E-state index is 0.0650. The predicted molar refractivity (Wildman–Crippen MR) is 107 cm³/mol. The third-order valence-electron chi connectivity index (χ3n) is 5.94. The molecule has 134 valence electrons. The fourth-order valence-corrected chi connectivity index (χ4v) is 5.00. The van der Waals surface area contributed by atoms with E-state index >= 15 is 0 Å². The van der Waals surface area contributed by atoms with Crippen molar-refractivity contribution in [3.8, 4) is 5.75 Å². The first-order valence-electron chi connectivity index (χ1n) is 9.67. The normalized spacial score (nSPS) is 25.3. The summed E-state index contributed by atoms with van der Waals surface area (Å²) in [6.45, 7) is 0. The van der Waals surface area contributed by atoms with Crippen molar-refractivity contribution in [2.24, 2.45) is 11.0 Å². The molecule has 2 atom stereocenters. The van der Waals surface area contributed by atoms with Gasteiger partial charge in [-0.25, -0.2) is 5.01 Å². The van der Waals surface area contributed by atoms with E-state index in [1.807, 2.05) is 0 Å². The smallest absolute Gasteiger partial charge is 0.190 e. The summed E-state index contributed by atoms with van der Waals surface area (Å²) in [5.74, 6) is 1.61. The quantitative estimate of drug-likeness (QED) is 0.615. The van der Waals surface area contributed by atoms with Crippen LogP contribution < -0.4 is 4.74 Å². The second-order valence-electron chi connectivity index (χ2n) is 7.60. The van der Waals surface area contributed by atoms with Crippen molar-refractivity contribution in [3.63, 3.8) is 0 Å². The lowest BCUT2D eigenvalue weighted by Gasteiger charge is -2.42. The second kappa shape index (κ2) is 6.73. The maximum Gasteiger partial charge on any atom is 0.190 e. The molecule has 0 unspecified atom stereocenters. The summed E-state index contributed by atoms with van der Waals surface area (Å²) in [6.07, 6.45) is 7.48. The highest BCUT2D eigenvalue weighted by atomic mass is 79.9. The summed E-state index contributed by atoms with van der Waals surface area (Å²) in [6, 6.07) is 17.3. The summed E-state index contributed by atoms with van der Waals surface area (Å²) in [5.41, 5.74) is 3.65. The molecule has 0 N–H and O–H groups in total. The zero-order valence-electron chi connectivity index (χ0n) is 14.8. The Labute approximate surface area is 163 Å². The molecule has 0 saturated heterocycles. The average Bonchev–Trinajstić information content (AvgIpc) is 3.15. The molecule has 1 saturated carbocycles. The Bertz CT molecular complexity index is 829. The molecule has 3 aliphatic rings. The molecule has 4 heteroatoms. The van der Waals surface area contributed by atoms with E-state index in [1.54, 1.807) is 0 Å². The van der Waals surface area contributed by atoms with Crippen LogP contribution in [0.3, 0.4) is 0 Å². The van der Waals surface area contributed by atoms with Crippen LogP contribution in [0.15, 0.2) is 58.1 Å². The van der Waals surface area contributed by atoms with Crippen molar-refractivity contribution in [2.75, 3.05) is 0 Å². The van der Waals surface area contributed by atoms with Gasteiger partial charge in [0.2, 0.25) is 0 Å². The summed E-state index contributed by atoms with van der Waals surface area (Å²) in [5, 5.41) is 7.35. The molecule has 26 heavy (non-hydrogen) atoms. The molecule has 1 aliphatic carbocycles. The van der Waals surface area contributed by atoms with Crippen molar-refractivity contribution >= 4 is 21.6 Å². The van der Waals surface area contributed by atoms with Crippen LogP contribution in [0.5, 0.6) is 5.75 Å². The van der Waals surface area contributed by atoms with Crippen LogP contribution >= 0.6 is 15.9 Å². The number of hydrogen-bond acceptors (Lipinski definition) is 3. The van der Waals surface area contributed by atoms with Gasteiger partial charge in [0.15, 0.2) is 6.23 Å². The second-order valence-corrected chi connectivity index (χ2v) is 8.52. The van der Waals surface area contributed by atoms with Gasteiger partial charge in [-0.2, -0.15) is 5.10 Å². The molecular weight excluding hydrogens is 388 g/mol. The Kier molecular flexibility index (Phi) is 4.24. The van der Waals surface area contributed by atoms with Gasteiger partial charge in [-0.1, -0.05) is 65.5 Å². The van der Waals surface area contributed by atoms with Gasteiger partial charge >= 0.3 is 0 Å². The van der Waals surface area contributed by atoms with Crippen molar-refractivity contribution in [3.05, 3.63) is 64.1 Å². The number of benzene rings is 2. The van der Waals surface area contributed by atoms with Crippen molar-refractivity contribution in [1.29, 1.82) is 0 Å². The molecule has 2 heterocycles. The summed E-state index contributed by atoms with van der Waals surface area (Å²) in [4.78, 5) is 0. The molecule has 0 bridgehead atoms. The Balaban J connectivity index is 1.54. The Morgan fingerprint density at radius 3 is 2.62 bits per heavy atom. The van der Waals surface area contributed by atoms with Crippen LogP contribution in [0.2, 0.25) is 0 Å². The van der Waals surface area contributed by atoms with Crippen LogP contribution in [0.4, 0.5) is 0 Å². The van der Waals surface area contributed by atoms with Gasteiger partial charge in [-0.05, 0) is 36.6 Å². The van der Waals surface area contributed by atoms with Crippen molar-refractivity contribution < 1.29 is 4.74 Å². The van der Waals surface area contributed by atoms with E-state index in [9.17, 15) is 0 Å². The van der Waals surface area contributed by atoms with Gasteiger partial charge in [0.1, 0.15) is 5.75 Å². The molecular formula is C22H23BrN2O. The topological polar surface area (TPSA) is 24.8 Å². The summed E-state index contributed by atoms with van der Waals surface area (Å²) < 4.78 is 7.62. The number of ether oxygens (including phenoxy) is 1. The number of hydrogen-bond donors (Lipinski definition) is 0. The Morgan fingerprint density at radius 1 is 1.00 bits per heavy atom. The molecule has 1 fully saturated rings. The Hall–Kier alpha value is -1.81. The summed E-state index contributed by atoms with van der Waals surface area (Å²) in [7, 11) is 0. The standard InChI is InChI=1S/C22H23BrN2O/c23-17-11-12-21-18(13-17)20-14-19(15-7-3-1-4-8-15)24-25(20)22(26-21)16-9-5-2-6-10-16/h1,3-4,7-8,11-13,16,20,22H,2,5-6,9-10,14H2/t20-,22+/m1/s1. The van der Waals surface area contributed by atoms with Crippen LogP contribution in [0, 0.1) is 5.92 Å². The minimum absolute atomic E-state index is 0.0650. The largest absolute Gasteiger partial charge is 0.468 e. The third kappa shape index (κ3) is 2.84. The van der Waals surface area contributed by atoms with Crippen molar-refractivity contribution in [1.82, 2.24) is 5.01 Å². The Morgan fingerprint density at radius 2 is 1.81 bits per heavy atom. The third-order valence-corrected chi connectivity index (χ3v) is 6.43. The molecule has 5 rings (SSSR count).